The Hall–Kier alpha value is -3.27. The van der Waals surface area contributed by atoms with Gasteiger partial charge in [-0.15, -0.1) is 0 Å². The fourth-order valence-electron chi connectivity index (χ4n) is 4.58. The summed E-state index contributed by atoms with van der Waals surface area (Å²) in [5, 5.41) is 6.79. The SMILES string of the molecule is COc1ccc2[nH]c3c(c2c1)CCC[C@@H]3NC(=O)Cc1cccc2ccccc12. The van der Waals surface area contributed by atoms with E-state index in [0.29, 0.717) is 6.42 Å². The maximum Gasteiger partial charge on any atom is 0.224 e. The van der Waals surface area contributed by atoms with E-state index >= 15 is 0 Å². The molecule has 4 aromatic rings. The maximum absolute atomic E-state index is 12.9. The van der Waals surface area contributed by atoms with Gasteiger partial charge in [0.25, 0.3) is 0 Å². The van der Waals surface area contributed by atoms with Crippen molar-refractivity contribution in [2.45, 2.75) is 31.7 Å². The number of methoxy groups -OCH3 is 1. The number of fused-ring (bicyclic) bond motifs is 4. The number of ether oxygens (including phenoxy) is 1. The molecular weight excluding hydrogens is 360 g/mol. The van der Waals surface area contributed by atoms with Crippen LogP contribution in [0, 0.1) is 0 Å². The van der Waals surface area contributed by atoms with Crippen LogP contribution < -0.4 is 10.1 Å². The van der Waals surface area contributed by atoms with Crippen molar-refractivity contribution in [1.29, 1.82) is 0 Å². The van der Waals surface area contributed by atoms with E-state index in [-0.39, 0.29) is 11.9 Å². The first kappa shape index (κ1) is 17.8. The Kier molecular flexibility index (Phi) is 4.47. The molecule has 0 radical (unpaired) electrons. The van der Waals surface area contributed by atoms with Gasteiger partial charge in [-0.25, -0.2) is 0 Å². The lowest BCUT2D eigenvalue weighted by Gasteiger charge is -2.24. The standard InChI is InChI=1S/C25H24N2O2/c1-29-18-12-13-22-21(15-18)20-10-5-11-23(25(20)27-22)26-24(28)14-17-8-4-7-16-6-2-3-9-19(16)17/h2-4,6-9,12-13,15,23,27H,5,10-11,14H2,1H3,(H,26,28)/t23-/m0/s1. The number of aromatic amines is 1. The molecule has 146 valence electrons. The van der Waals surface area contributed by atoms with E-state index in [9.17, 15) is 4.79 Å². The molecule has 0 bridgehead atoms. The molecule has 0 aliphatic heterocycles. The molecule has 1 aliphatic carbocycles. The van der Waals surface area contributed by atoms with E-state index in [4.69, 9.17) is 4.74 Å². The number of nitrogens with one attached hydrogen (secondary N) is 2. The second kappa shape index (κ2) is 7.28. The topological polar surface area (TPSA) is 54.1 Å². The summed E-state index contributed by atoms with van der Waals surface area (Å²) in [5.41, 5.74) is 4.62. The zero-order valence-corrected chi connectivity index (χ0v) is 16.5. The third kappa shape index (κ3) is 3.25. The average molecular weight is 384 g/mol. The minimum absolute atomic E-state index is 0.0274. The number of carbonyl (C=O) groups is 1. The van der Waals surface area contributed by atoms with Gasteiger partial charge in [-0.1, -0.05) is 42.5 Å². The highest BCUT2D eigenvalue weighted by Gasteiger charge is 2.26. The maximum atomic E-state index is 12.9. The van der Waals surface area contributed by atoms with E-state index in [1.807, 2.05) is 30.3 Å². The van der Waals surface area contributed by atoms with Crippen molar-refractivity contribution in [3.05, 3.63) is 77.5 Å². The third-order valence-electron chi connectivity index (χ3n) is 5.98. The Morgan fingerprint density at radius 3 is 2.86 bits per heavy atom. The van der Waals surface area contributed by atoms with Crippen LogP contribution in [0.1, 0.15) is 35.7 Å². The van der Waals surface area contributed by atoms with Crippen LogP contribution in [0.25, 0.3) is 21.7 Å². The molecule has 3 aromatic carbocycles. The largest absolute Gasteiger partial charge is 0.497 e. The quantitative estimate of drug-likeness (QED) is 0.516. The van der Waals surface area contributed by atoms with Gasteiger partial charge in [-0.2, -0.15) is 0 Å². The molecule has 2 N–H and O–H groups in total. The molecule has 0 fully saturated rings. The number of hydrogen-bond donors (Lipinski definition) is 2. The van der Waals surface area contributed by atoms with E-state index in [0.717, 1.165) is 47.2 Å². The molecular formula is C25H24N2O2. The first-order valence-electron chi connectivity index (χ1n) is 10.2. The minimum Gasteiger partial charge on any atom is -0.497 e. The van der Waals surface area contributed by atoms with Crippen molar-refractivity contribution < 1.29 is 9.53 Å². The Morgan fingerprint density at radius 2 is 1.97 bits per heavy atom. The van der Waals surface area contributed by atoms with Gasteiger partial charge in [-0.3, -0.25) is 4.79 Å². The Morgan fingerprint density at radius 1 is 1.10 bits per heavy atom. The van der Waals surface area contributed by atoms with E-state index in [1.165, 1.54) is 16.3 Å². The van der Waals surface area contributed by atoms with Gasteiger partial charge in [0.15, 0.2) is 0 Å². The van der Waals surface area contributed by atoms with Crippen molar-refractivity contribution in [2.24, 2.45) is 0 Å². The van der Waals surface area contributed by atoms with Crippen LogP contribution >= 0.6 is 0 Å². The van der Waals surface area contributed by atoms with Crippen LogP contribution in [0.15, 0.2) is 60.7 Å². The van der Waals surface area contributed by atoms with Gasteiger partial charge in [0.05, 0.1) is 19.6 Å². The van der Waals surface area contributed by atoms with Crippen LogP contribution in [-0.2, 0) is 17.6 Å². The van der Waals surface area contributed by atoms with Crippen LogP contribution in [-0.4, -0.2) is 18.0 Å². The molecule has 0 spiro atoms. The lowest BCUT2D eigenvalue weighted by atomic mass is 9.91. The zero-order valence-electron chi connectivity index (χ0n) is 16.5. The highest BCUT2D eigenvalue weighted by molar-refractivity contribution is 5.91. The highest BCUT2D eigenvalue weighted by Crippen LogP contribution is 2.36. The average Bonchev–Trinajstić information content (AvgIpc) is 3.13. The highest BCUT2D eigenvalue weighted by atomic mass is 16.5. The minimum atomic E-state index is 0.0274. The van der Waals surface area contributed by atoms with Crippen LogP contribution in [0.2, 0.25) is 0 Å². The van der Waals surface area contributed by atoms with Gasteiger partial charge < -0.3 is 15.0 Å². The van der Waals surface area contributed by atoms with Crippen LogP contribution in [0.4, 0.5) is 0 Å². The molecule has 1 aromatic heterocycles. The van der Waals surface area contributed by atoms with Gasteiger partial charge >= 0.3 is 0 Å². The molecule has 0 saturated heterocycles. The van der Waals surface area contributed by atoms with Crippen molar-refractivity contribution in [3.8, 4) is 5.75 Å². The number of aromatic nitrogens is 1. The molecule has 1 heterocycles. The molecule has 4 nitrogen and oxygen atoms in total. The summed E-state index contributed by atoms with van der Waals surface area (Å²) >= 11 is 0. The van der Waals surface area contributed by atoms with E-state index in [2.05, 4.69) is 40.6 Å². The fraction of sp³-hybridized carbons (Fsp3) is 0.240. The van der Waals surface area contributed by atoms with Crippen LogP contribution in [0.5, 0.6) is 5.75 Å². The number of amides is 1. The second-order valence-corrected chi connectivity index (χ2v) is 7.76. The van der Waals surface area contributed by atoms with Crippen molar-refractivity contribution in [1.82, 2.24) is 10.3 Å². The first-order valence-corrected chi connectivity index (χ1v) is 10.2. The summed E-state index contributed by atoms with van der Waals surface area (Å²) in [6.45, 7) is 0. The molecule has 1 amide bonds. The summed E-state index contributed by atoms with van der Waals surface area (Å²) < 4.78 is 5.39. The number of rotatable bonds is 4. The number of hydrogen-bond acceptors (Lipinski definition) is 2. The summed E-state index contributed by atoms with van der Waals surface area (Å²) in [4.78, 5) is 16.5. The third-order valence-corrected chi connectivity index (χ3v) is 5.98. The lowest BCUT2D eigenvalue weighted by Crippen LogP contribution is -2.32. The van der Waals surface area contributed by atoms with Crippen LogP contribution in [0.3, 0.4) is 0 Å². The van der Waals surface area contributed by atoms with E-state index in [1.54, 1.807) is 7.11 Å². The summed E-state index contributed by atoms with van der Waals surface area (Å²) in [7, 11) is 1.69. The Labute approximate surface area is 169 Å². The molecule has 1 aliphatic rings. The number of benzene rings is 3. The molecule has 5 rings (SSSR count). The second-order valence-electron chi connectivity index (χ2n) is 7.76. The van der Waals surface area contributed by atoms with Crippen molar-refractivity contribution in [2.75, 3.05) is 7.11 Å². The normalized spacial score (nSPS) is 16.0. The number of aryl methyl sites for hydroxylation is 1. The van der Waals surface area contributed by atoms with Gasteiger partial charge in [0, 0.05) is 16.6 Å². The predicted molar refractivity (Wildman–Crippen MR) is 116 cm³/mol. The number of H-pyrrole nitrogens is 1. The van der Waals surface area contributed by atoms with Crippen molar-refractivity contribution >= 4 is 27.6 Å². The van der Waals surface area contributed by atoms with E-state index < -0.39 is 0 Å². The molecule has 29 heavy (non-hydrogen) atoms. The smallest absolute Gasteiger partial charge is 0.224 e. The summed E-state index contributed by atoms with van der Waals surface area (Å²) in [5.74, 6) is 0.928. The monoisotopic (exact) mass is 384 g/mol. The molecule has 0 saturated carbocycles. The number of carbonyl (C=O) groups excluding carboxylic acids is 1. The predicted octanol–water partition coefficient (Wildman–Crippen LogP) is 5.07. The molecule has 4 heteroatoms. The summed E-state index contributed by atoms with van der Waals surface area (Å²) in [6.07, 6.45) is 3.44. The molecule has 1 atom stereocenters. The fourth-order valence-corrected chi connectivity index (χ4v) is 4.58. The Balaban J connectivity index is 1.41. The van der Waals surface area contributed by atoms with Gasteiger partial charge in [-0.05, 0) is 59.4 Å². The van der Waals surface area contributed by atoms with Crippen molar-refractivity contribution in [3.63, 3.8) is 0 Å². The van der Waals surface area contributed by atoms with Gasteiger partial charge in [0.1, 0.15) is 5.75 Å². The summed E-state index contributed by atoms with van der Waals surface area (Å²) in [6, 6.07) is 20.5. The Bertz CT molecular complexity index is 1200. The molecule has 0 unspecified atom stereocenters. The van der Waals surface area contributed by atoms with Gasteiger partial charge in [0.2, 0.25) is 5.91 Å². The zero-order chi connectivity index (χ0) is 19.8. The first-order chi connectivity index (χ1) is 14.2. The lowest BCUT2D eigenvalue weighted by molar-refractivity contribution is -0.121.